The second-order valence-electron chi connectivity index (χ2n) is 7.04. The maximum Gasteiger partial charge on any atom is 0.335 e. The molecule has 1 N–H and O–H groups in total. The van der Waals surface area contributed by atoms with Gasteiger partial charge in [-0.1, -0.05) is 34.1 Å². The number of fused-ring (bicyclic) bond motifs is 2. The summed E-state index contributed by atoms with van der Waals surface area (Å²) in [5.74, 6) is 0.670. The Morgan fingerprint density at radius 2 is 1.75 bits per heavy atom. The van der Waals surface area contributed by atoms with Crippen molar-refractivity contribution in [2.45, 2.75) is 0 Å². The number of ether oxygens (including phenoxy) is 2. The van der Waals surface area contributed by atoms with Crippen LogP contribution >= 0.6 is 15.9 Å². The number of halogens is 1. The maximum atomic E-state index is 13.3. The van der Waals surface area contributed by atoms with Gasteiger partial charge in [0.25, 0.3) is 5.56 Å². The second kappa shape index (κ2) is 7.97. The van der Waals surface area contributed by atoms with E-state index in [1.165, 1.54) is 16.7 Å². The summed E-state index contributed by atoms with van der Waals surface area (Å²) in [5.41, 5.74) is 1.80. The summed E-state index contributed by atoms with van der Waals surface area (Å²) in [7, 11) is 0. The summed E-state index contributed by atoms with van der Waals surface area (Å²) in [6.07, 6.45) is 3.56. The normalized spacial score (nSPS) is 12.5. The lowest BCUT2D eigenvalue weighted by Gasteiger charge is -2.12. The van der Waals surface area contributed by atoms with Gasteiger partial charge in [-0.25, -0.2) is 9.78 Å². The van der Waals surface area contributed by atoms with Crippen LogP contribution < -0.4 is 15.0 Å². The van der Waals surface area contributed by atoms with Crippen molar-refractivity contribution >= 4 is 45.0 Å². The van der Waals surface area contributed by atoms with Crippen LogP contribution in [0.4, 0.5) is 0 Å². The van der Waals surface area contributed by atoms with Crippen LogP contribution in [0.3, 0.4) is 0 Å². The van der Waals surface area contributed by atoms with Crippen LogP contribution in [-0.4, -0.2) is 27.4 Å². The van der Waals surface area contributed by atoms with Gasteiger partial charge in [0.1, 0.15) is 5.82 Å². The Balaban J connectivity index is 1.67. The molecule has 1 aliphatic heterocycles. The van der Waals surface area contributed by atoms with Gasteiger partial charge in [-0.2, -0.15) is 0 Å². The van der Waals surface area contributed by atoms with Crippen molar-refractivity contribution < 1.29 is 19.4 Å². The van der Waals surface area contributed by atoms with E-state index in [9.17, 15) is 14.7 Å². The standard InChI is InChI=1S/C24H15BrN2O5/c25-18-12-21-20(31-13-32-21)11-15(18)7-10-22-26-19-4-2-1-3-17(19)23(28)27(22)16-8-5-14(6-9-16)24(29)30/h1-12H,13H2,(H,29,30)/b10-7+. The minimum Gasteiger partial charge on any atom is -0.478 e. The quantitative estimate of drug-likeness (QED) is 0.444. The Morgan fingerprint density at radius 3 is 2.50 bits per heavy atom. The average Bonchev–Trinajstić information content (AvgIpc) is 3.25. The fourth-order valence-electron chi connectivity index (χ4n) is 3.49. The summed E-state index contributed by atoms with van der Waals surface area (Å²) in [6, 6.07) is 16.9. The summed E-state index contributed by atoms with van der Waals surface area (Å²) in [5, 5.41) is 9.65. The van der Waals surface area contributed by atoms with Gasteiger partial charge in [-0.3, -0.25) is 9.36 Å². The number of aromatic nitrogens is 2. The van der Waals surface area contributed by atoms with Crippen molar-refractivity contribution in [1.29, 1.82) is 0 Å². The number of hydrogen-bond donors (Lipinski definition) is 1. The summed E-state index contributed by atoms with van der Waals surface area (Å²) < 4.78 is 13.1. The molecule has 1 aliphatic rings. The molecular formula is C24H15BrN2O5. The van der Waals surface area contributed by atoms with Crippen molar-refractivity contribution in [3.05, 3.63) is 92.4 Å². The predicted molar refractivity (Wildman–Crippen MR) is 123 cm³/mol. The number of benzene rings is 3. The maximum absolute atomic E-state index is 13.3. The van der Waals surface area contributed by atoms with Gasteiger partial charge in [-0.15, -0.1) is 0 Å². The third kappa shape index (κ3) is 3.54. The Labute approximate surface area is 190 Å². The van der Waals surface area contributed by atoms with E-state index in [4.69, 9.17) is 9.47 Å². The largest absolute Gasteiger partial charge is 0.478 e. The van der Waals surface area contributed by atoms with E-state index in [0.717, 1.165) is 10.0 Å². The Bertz CT molecular complexity index is 1460. The monoisotopic (exact) mass is 490 g/mol. The molecule has 1 aromatic heterocycles. The number of aromatic carboxylic acids is 1. The zero-order valence-corrected chi connectivity index (χ0v) is 18.1. The van der Waals surface area contributed by atoms with Gasteiger partial charge >= 0.3 is 5.97 Å². The molecule has 5 rings (SSSR count). The number of carboxylic acid groups (broad SMARTS) is 1. The molecular weight excluding hydrogens is 476 g/mol. The minimum absolute atomic E-state index is 0.136. The van der Waals surface area contributed by atoms with Crippen LogP contribution in [0.2, 0.25) is 0 Å². The fraction of sp³-hybridized carbons (Fsp3) is 0.0417. The molecule has 2 heterocycles. The Morgan fingerprint density at radius 1 is 1.03 bits per heavy atom. The zero-order chi connectivity index (χ0) is 22.2. The number of hydrogen-bond acceptors (Lipinski definition) is 5. The van der Waals surface area contributed by atoms with Gasteiger partial charge in [-0.05, 0) is 60.2 Å². The molecule has 0 unspecified atom stereocenters. The van der Waals surface area contributed by atoms with Crippen LogP contribution in [-0.2, 0) is 0 Å². The molecule has 3 aromatic carbocycles. The smallest absolute Gasteiger partial charge is 0.335 e. The first-order chi connectivity index (χ1) is 15.5. The molecule has 4 aromatic rings. The second-order valence-corrected chi connectivity index (χ2v) is 7.89. The lowest BCUT2D eigenvalue weighted by molar-refractivity contribution is 0.0697. The van der Waals surface area contributed by atoms with Crippen molar-refractivity contribution in [3.8, 4) is 17.2 Å². The van der Waals surface area contributed by atoms with Crippen molar-refractivity contribution in [2.24, 2.45) is 0 Å². The van der Waals surface area contributed by atoms with E-state index >= 15 is 0 Å². The molecule has 0 radical (unpaired) electrons. The molecule has 0 atom stereocenters. The van der Waals surface area contributed by atoms with E-state index in [0.29, 0.717) is 33.9 Å². The number of para-hydroxylation sites is 1. The van der Waals surface area contributed by atoms with Crippen molar-refractivity contribution in [3.63, 3.8) is 0 Å². The summed E-state index contributed by atoms with van der Waals surface area (Å²) in [6.45, 7) is 0.174. The number of nitrogens with zero attached hydrogens (tertiary/aromatic N) is 2. The van der Waals surface area contributed by atoms with Gasteiger partial charge in [0.15, 0.2) is 11.5 Å². The van der Waals surface area contributed by atoms with E-state index < -0.39 is 5.97 Å². The average molecular weight is 491 g/mol. The summed E-state index contributed by atoms with van der Waals surface area (Å²) in [4.78, 5) is 29.2. The number of carbonyl (C=O) groups is 1. The zero-order valence-electron chi connectivity index (χ0n) is 16.5. The van der Waals surface area contributed by atoms with Gasteiger partial charge < -0.3 is 14.6 Å². The molecule has 0 fully saturated rings. The van der Waals surface area contributed by atoms with Crippen LogP contribution in [0.25, 0.3) is 28.7 Å². The van der Waals surface area contributed by atoms with Crippen molar-refractivity contribution in [2.75, 3.05) is 6.79 Å². The van der Waals surface area contributed by atoms with E-state index in [-0.39, 0.29) is 17.9 Å². The Kier molecular flexibility index (Phi) is 4.99. The van der Waals surface area contributed by atoms with Gasteiger partial charge in [0.2, 0.25) is 6.79 Å². The van der Waals surface area contributed by atoms with Gasteiger partial charge in [0.05, 0.1) is 22.2 Å². The molecule has 158 valence electrons. The minimum atomic E-state index is -1.03. The third-order valence-electron chi connectivity index (χ3n) is 5.08. The molecule has 7 nitrogen and oxygen atoms in total. The van der Waals surface area contributed by atoms with E-state index in [1.807, 2.05) is 24.3 Å². The lowest BCUT2D eigenvalue weighted by atomic mass is 10.1. The highest BCUT2D eigenvalue weighted by Gasteiger charge is 2.16. The Hall–Kier alpha value is -3.91. The first-order valence-corrected chi connectivity index (χ1v) is 10.4. The third-order valence-corrected chi connectivity index (χ3v) is 5.76. The lowest BCUT2D eigenvalue weighted by Crippen LogP contribution is -2.22. The number of carboxylic acids is 1. The molecule has 0 aliphatic carbocycles. The molecule has 32 heavy (non-hydrogen) atoms. The molecule has 8 heteroatoms. The first-order valence-electron chi connectivity index (χ1n) is 9.64. The summed E-state index contributed by atoms with van der Waals surface area (Å²) >= 11 is 3.53. The number of rotatable bonds is 4. The fourth-order valence-corrected chi connectivity index (χ4v) is 3.94. The predicted octanol–water partition coefficient (Wildman–Crippen LogP) is 4.75. The molecule has 0 spiro atoms. The molecule has 0 amide bonds. The first kappa shape index (κ1) is 20.0. The van der Waals surface area contributed by atoms with Crippen molar-refractivity contribution in [1.82, 2.24) is 9.55 Å². The van der Waals surface area contributed by atoms with Gasteiger partial charge in [0, 0.05) is 4.47 Å². The highest BCUT2D eigenvalue weighted by Crippen LogP contribution is 2.37. The van der Waals surface area contributed by atoms with Crippen LogP contribution in [0.1, 0.15) is 21.7 Å². The van der Waals surface area contributed by atoms with E-state index in [1.54, 1.807) is 36.4 Å². The molecule has 0 bridgehead atoms. The highest BCUT2D eigenvalue weighted by atomic mass is 79.9. The van der Waals surface area contributed by atoms with Crippen LogP contribution in [0.5, 0.6) is 11.5 Å². The molecule has 0 saturated heterocycles. The van der Waals surface area contributed by atoms with Crippen LogP contribution in [0, 0.1) is 0 Å². The van der Waals surface area contributed by atoms with Crippen LogP contribution in [0.15, 0.2) is 69.9 Å². The topological polar surface area (TPSA) is 90.7 Å². The molecule has 0 saturated carbocycles. The highest BCUT2D eigenvalue weighted by molar-refractivity contribution is 9.10. The SMILES string of the molecule is O=C(O)c1ccc(-n2c(/C=C/c3cc4c(cc3Br)OCO4)nc3ccccc3c2=O)cc1. The van der Waals surface area contributed by atoms with E-state index in [2.05, 4.69) is 20.9 Å².